The van der Waals surface area contributed by atoms with Gasteiger partial charge in [0, 0.05) is 17.1 Å². The van der Waals surface area contributed by atoms with E-state index < -0.39 is 10.0 Å². The Bertz CT molecular complexity index is 995. The summed E-state index contributed by atoms with van der Waals surface area (Å²) in [6.45, 7) is 5.64. The van der Waals surface area contributed by atoms with E-state index in [1.165, 1.54) is 0 Å². The summed E-state index contributed by atoms with van der Waals surface area (Å²) in [5, 5.41) is 0. The van der Waals surface area contributed by atoms with Gasteiger partial charge in [-0.05, 0) is 63.2 Å². The summed E-state index contributed by atoms with van der Waals surface area (Å²) in [5.41, 5.74) is 3.07. The van der Waals surface area contributed by atoms with Gasteiger partial charge >= 0.3 is 6.01 Å². The summed E-state index contributed by atoms with van der Waals surface area (Å²) >= 11 is 0. The smallest absolute Gasteiger partial charge is 0.322 e. The minimum absolute atomic E-state index is 0.215. The van der Waals surface area contributed by atoms with Gasteiger partial charge in [0.2, 0.25) is 0 Å². The third-order valence-corrected chi connectivity index (χ3v) is 5.01. The summed E-state index contributed by atoms with van der Waals surface area (Å²) < 4.78 is 33.0. The Hall–Kier alpha value is -2.93. The molecule has 3 rings (SSSR count). The molecule has 0 saturated heterocycles. The number of hydrogen-bond acceptors (Lipinski definition) is 5. The quantitative estimate of drug-likeness (QED) is 0.735. The number of ether oxygens (including phenoxy) is 1. The van der Waals surface area contributed by atoms with Gasteiger partial charge in [0.25, 0.3) is 10.0 Å². The van der Waals surface area contributed by atoms with E-state index in [0.717, 1.165) is 17.0 Å². The minimum Gasteiger partial charge on any atom is -0.424 e. The van der Waals surface area contributed by atoms with Gasteiger partial charge in [0.15, 0.2) is 0 Å². The molecule has 0 bridgehead atoms. The number of rotatable bonds is 5. The Morgan fingerprint density at radius 3 is 2.00 bits per heavy atom. The lowest BCUT2D eigenvalue weighted by molar-refractivity contribution is 0.439. The fraction of sp³-hybridized carbons (Fsp3) is 0.158. The molecular weight excluding hydrogens is 350 g/mol. The molecule has 0 amide bonds. The molecule has 0 aliphatic heterocycles. The normalized spacial score (nSPS) is 11.2. The lowest BCUT2D eigenvalue weighted by Crippen LogP contribution is -2.12. The first-order valence-electron chi connectivity index (χ1n) is 8.01. The fourth-order valence-corrected chi connectivity index (χ4v) is 3.43. The number of nitrogens with zero attached hydrogens (tertiary/aromatic N) is 2. The number of aryl methyl sites for hydroxylation is 3. The van der Waals surface area contributed by atoms with E-state index in [2.05, 4.69) is 14.7 Å². The van der Waals surface area contributed by atoms with Crippen LogP contribution in [0.2, 0.25) is 0 Å². The molecule has 26 heavy (non-hydrogen) atoms. The average molecular weight is 369 g/mol. The Balaban J connectivity index is 1.74. The highest BCUT2D eigenvalue weighted by Gasteiger charge is 2.14. The van der Waals surface area contributed by atoms with Crippen LogP contribution in [0.15, 0.2) is 59.5 Å². The zero-order valence-corrected chi connectivity index (χ0v) is 15.5. The van der Waals surface area contributed by atoms with Crippen LogP contribution >= 0.6 is 0 Å². The van der Waals surface area contributed by atoms with Crippen molar-refractivity contribution < 1.29 is 13.2 Å². The highest BCUT2D eigenvalue weighted by molar-refractivity contribution is 7.92. The Morgan fingerprint density at radius 2 is 1.42 bits per heavy atom. The van der Waals surface area contributed by atoms with Gasteiger partial charge in [-0.15, -0.1) is 0 Å². The van der Waals surface area contributed by atoms with Crippen molar-refractivity contribution in [3.63, 3.8) is 0 Å². The SMILES string of the molecule is Cc1ccc(S(=O)(=O)Nc2ccc(Oc3nc(C)cc(C)n3)cc2)cc1. The van der Waals surface area contributed by atoms with Crippen molar-refractivity contribution in [2.75, 3.05) is 4.72 Å². The van der Waals surface area contributed by atoms with Crippen molar-refractivity contribution in [1.29, 1.82) is 0 Å². The second kappa shape index (κ2) is 7.13. The predicted octanol–water partition coefficient (Wildman–Crippen LogP) is 3.99. The van der Waals surface area contributed by atoms with E-state index in [1.807, 2.05) is 26.8 Å². The van der Waals surface area contributed by atoms with Crippen LogP contribution in [0.3, 0.4) is 0 Å². The van der Waals surface area contributed by atoms with Crippen molar-refractivity contribution in [2.45, 2.75) is 25.7 Å². The predicted molar refractivity (Wildman–Crippen MR) is 100 cm³/mol. The molecule has 1 aromatic heterocycles. The Morgan fingerprint density at radius 1 is 0.846 bits per heavy atom. The van der Waals surface area contributed by atoms with Crippen LogP contribution in [0.4, 0.5) is 5.69 Å². The summed E-state index contributed by atoms with van der Waals surface area (Å²) in [5.74, 6) is 0.522. The molecule has 7 heteroatoms. The minimum atomic E-state index is -3.63. The molecule has 6 nitrogen and oxygen atoms in total. The molecule has 0 aliphatic carbocycles. The molecule has 0 fully saturated rings. The molecule has 3 aromatic rings. The first-order chi connectivity index (χ1) is 12.3. The van der Waals surface area contributed by atoms with Crippen LogP contribution in [-0.2, 0) is 10.0 Å². The molecule has 2 aromatic carbocycles. The van der Waals surface area contributed by atoms with Crippen LogP contribution in [0.1, 0.15) is 17.0 Å². The number of nitrogens with one attached hydrogen (secondary N) is 1. The third-order valence-electron chi connectivity index (χ3n) is 3.61. The Kier molecular flexibility index (Phi) is 4.90. The number of benzene rings is 2. The number of anilines is 1. The van der Waals surface area contributed by atoms with Crippen molar-refractivity contribution in [3.05, 3.63) is 71.5 Å². The maximum Gasteiger partial charge on any atom is 0.322 e. The van der Waals surface area contributed by atoms with E-state index in [9.17, 15) is 8.42 Å². The molecule has 1 N–H and O–H groups in total. The summed E-state index contributed by atoms with van der Waals surface area (Å²) in [7, 11) is -3.63. The van der Waals surface area contributed by atoms with Gasteiger partial charge in [-0.1, -0.05) is 17.7 Å². The van der Waals surface area contributed by atoms with Crippen LogP contribution in [0.25, 0.3) is 0 Å². The van der Waals surface area contributed by atoms with Gasteiger partial charge < -0.3 is 4.74 Å². The molecule has 0 saturated carbocycles. The van der Waals surface area contributed by atoms with Crippen molar-refractivity contribution in [2.24, 2.45) is 0 Å². The molecule has 1 heterocycles. The number of hydrogen-bond donors (Lipinski definition) is 1. The summed E-state index contributed by atoms with van der Waals surface area (Å²) in [6, 6.07) is 15.4. The van der Waals surface area contributed by atoms with Gasteiger partial charge in [-0.2, -0.15) is 0 Å². The fourth-order valence-electron chi connectivity index (χ4n) is 2.37. The van der Waals surface area contributed by atoms with E-state index in [0.29, 0.717) is 11.4 Å². The van der Waals surface area contributed by atoms with Crippen molar-refractivity contribution in [1.82, 2.24) is 9.97 Å². The maximum atomic E-state index is 12.4. The molecule has 0 radical (unpaired) electrons. The van der Waals surface area contributed by atoms with E-state index in [-0.39, 0.29) is 10.9 Å². The lowest BCUT2D eigenvalue weighted by atomic mass is 10.2. The molecule has 134 valence electrons. The molecule has 0 spiro atoms. The van der Waals surface area contributed by atoms with E-state index >= 15 is 0 Å². The lowest BCUT2D eigenvalue weighted by Gasteiger charge is -2.10. The summed E-state index contributed by atoms with van der Waals surface area (Å²) in [4.78, 5) is 8.64. The largest absolute Gasteiger partial charge is 0.424 e. The maximum absolute atomic E-state index is 12.4. The Labute approximate surface area is 153 Å². The van der Waals surface area contributed by atoms with E-state index in [1.54, 1.807) is 48.5 Å². The second-order valence-corrected chi connectivity index (χ2v) is 7.66. The zero-order chi connectivity index (χ0) is 18.7. The van der Waals surface area contributed by atoms with Crippen LogP contribution in [0.5, 0.6) is 11.8 Å². The number of aromatic nitrogens is 2. The molecular formula is C19H19N3O3S. The highest BCUT2D eigenvalue weighted by atomic mass is 32.2. The molecule has 0 unspecified atom stereocenters. The first-order valence-corrected chi connectivity index (χ1v) is 9.50. The average Bonchev–Trinajstić information content (AvgIpc) is 2.56. The van der Waals surface area contributed by atoms with Gasteiger partial charge in [0.1, 0.15) is 5.75 Å². The molecule has 0 atom stereocenters. The first kappa shape index (κ1) is 17.9. The van der Waals surface area contributed by atoms with Gasteiger partial charge in [-0.3, -0.25) is 4.72 Å². The number of sulfonamides is 1. The highest BCUT2D eigenvalue weighted by Crippen LogP contribution is 2.23. The van der Waals surface area contributed by atoms with Crippen molar-refractivity contribution >= 4 is 15.7 Å². The van der Waals surface area contributed by atoms with Gasteiger partial charge in [0.05, 0.1) is 4.90 Å². The standard InChI is InChI=1S/C19H19N3O3S/c1-13-4-10-18(11-5-13)26(23,24)22-16-6-8-17(9-7-16)25-19-20-14(2)12-15(3)21-19/h4-12,22H,1-3H3. The monoisotopic (exact) mass is 369 g/mol. The summed E-state index contributed by atoms with van der Waals surface area (Å²) in [6.07, 6.45) is 0. The van der Waals surface area contributed by atoms with Crippen molar-refractivity contribution in [3.8, 4) is 11.8 Å². The van der Waals surface area contributed by atoms with Crippen LogP contribution in [0, 0.1) is 20.8 Å². The second-order valence-electron chi connectivity index (χ2n) is 5.98. The topological polar surface area (TPSA) is 81.2 Å². The van der Waals surface area contributed by atoms with Crippen LogP contribution < -0.4 is 9.46 Å². The zero-order valence-electron chi connectivity index (χ0n) is 14.7. The van der Waals surface area contributed by atoms with Gasteiger partial charge in [-0.25, -0.2) is 18.4 Å². The van der Waals surface area contributed by atoms with Crippen LogP contribution in [-0.4, -0.2) is 18.4 Å². The van der Waals surface area contributed by atoms with E-state index in [4.69, 9.17) is 4.74 Å². The molecule has 0 aliphatic rings. The third kappa shape index (κ3) is 4.37.